The number of nitrogens with one attached hydrogen (secondary N) is 1. The summed E-state index contributed by atoms with van der Waals surface area (Å²) in [5.41, 5.74) is 17.1. The summed E-state index contributed by atoms with van der Waals surface area (Å²) in [5, 5.41) is 42.2. The van der Waals surface area contributed by atoms with Gasteiger partial charge in [0.2, 0.25) is 0 Å². The van der Waals surface area contributed by atoms with Crippen molar-refractivity contribution in [3.8, 4) is 0 Å². The third-order valence-corrected chi connectivity index (χ3v) is 3.75. The molecule has 2 rings (SSSR count). The van der Waals surface area contributed by atoms with E-state index in [0.29, 0.717) is 6.42 Å². The Balaban J connectivity index is 0.000000477. The summed E-state index contributed by atoms with van der Waals surface area (Å²) in [6, 6.07) is 4.63. The largest absolute Gasteiger partial charge is 0.480 e. The first-order valence-corrected chi connectivity index (χ1v) is 8.71. The average Bonchev–Trinajstić information content (AvgIpc) is 3.10. The van der Waals surface area contributed by atoms with Crippen molar-refractivity contribution in [1.29, 1.82) is 0 Å². The van der Waals surface area contributed by atoms with Crippen LogP contribution in [0.2, 0.25) is 0 Å². The molecule has 1 aromatic heterocycles. The van der Waals surface area contributed by atoms with E-state index in [9.17, 15) is 14.4 Å². The number of aromatic amines is 1. The summed E-state index contributed by atoms with van der Waals surface area (Å²) in [6.45, 7) is 0.827. The van der Waals surface area contributed by atoms with Gasteiger partial charge in [-0.15, -0.1) is 0 Å². The van der Waals surface area contributed by atoms with Crippen LogP contribution in [0, 0.1) is 0 Å². The van der Waals surface area contributed by atoms with Crippen LogP contribution in [0.5, 0.6) is 0 Å². The molecule has 0 saturated carbocycles. The number of para-hydroxylation sites is 1. The van der Waals surface area contributed by atoms with Gasteiger partial charge in [-0.3, -0.25) is 14.4 Å². The Bertz CT molecular complexity index is 823. The number of aliphatic hydroxyl groups excluding tert-OH is 2. The van der Waals surface area contributed by atoms with E-state index in [4.69, 9.17) is 42.7 Å². The fourth-order valence-corrected chi connectivity index (χ4v) is 1.91. The van der Waals surface area contributed by atoms with Crippen molar-refractivity contribution in [3.63, 3.8) is 0 Å². The molecule has 12 N–H and O–H groups in total. The number of carbonyl (C=O) groups is 3. The van der Waals surface area contributed by atoms with Crippen LogP contribution in [0.1, 0.15) is 12.5 Å². The van der Waals surface area contributed by atoms with Crippen molar-refractivity contribution in [3.05, 3.63) is 36.0 Å². The van der Waals surface area contributed by atoms with Gasteiger partial charge in [0, 0.05) is 23.5 Å². The van der Waals surface area contributed by atoms with E-state index in [1.807, 2.05) is 30.5 Å². The Morgan fingerprint density at radius 3 is 1.87 bits per heavy atom. The molecule has 0 bridgehead atoms. The van der Waals surface area contributed by atoms with Gasteiger partial charge in [0.1, 0.15) is 18.1 Å². The molecule has 4 atom stereocenters. The Hall–Kier alpha value is -3.03. The zero-order valence-electron chi connectivity index (χ0n) is 16.3. The van der Waals surface area contributed by atoms with Gasteiger partial charge in [-0.2, -0.15) is 0 Å². The van der Waals surface area contributed by atoms with Gasteiger partial charge in [-0.25, -0.2) is 0 Å². The molecule has 168 valence electrons. The molecule has 0 amide bonds. The maximum atomic E-state index is 10.6. The molecule has 30 heavy (non-hydrogen) atoms. The number of aliphatic hydroxyl groups is 2. The fraction of sp³-hybridized carbons (Fsp3) is 0.389. The van der Waals surface area contributed by atoms with Gasteiger partial charge in [0.05, 0.1) is 12.7 Å². The van der Waals surface area contributed by atoms with Crippen molar-refractivity contribution < 1.29 is 39.9 Å². The van der Waals surface area contributed by atoms with Gasteiger partial charge < -0.3 is 47.7 Å². The SMILES string of the molecule is CC(O)C(N)C(=O)O.NC(CO)C(=O)O.NC(Cc1c[nH]c2ccccc12)C(=O)O. The average molecular weight is 428 g/mol. The van der Waals surface area contributed by atoms with Crippen molar-refractivity contribution in [2.75, 3.05) is 6.61 Å². The second-order valence-corrected chi connectivity index (χ2v) is 6.24. The fourth-order valence-electron chi connectivity index (χ4n) is 1.91. The minimum absolute atomic E-state index is 0.347. The lowest BCUT2D eigenvalue weighted by Gasteiger charge is -2.06. The highest BCUT2D eigenvalue weighted by Gasteiger charge is 2.16. The number of H-pyrrole nitrogens is 1. The molecule has 0 spiro atoms. The molecule has 0 aliphatic heterocycles. The zero-order valence-corrected chi connectivity index (χ0v) is 16.3. The molecule has 1 heterocycles. The third kappa shape index (κ3) is 9.45. The maximum absolute atomic E-state index is 10.6. The van der Waals surface area contributed by atoms with E-state index < -0.39 is 48.7 Å². The van der Waals surface area contributed by atoms with Crippen molar-refractivity contribution >= 4 is 28.8 Å². The number of carboxylic acids is 3. The highest BCUT2D eigenvalue weighted by Crippen LogP contribution is 2.18. The van der Waals surface area contributed by atoms with Crippen LogP contribution in [0.4, 0.5) is 0 Å². The number of benzene rings is 1. The minimum atomic E-state index is -1.18. The Labute approximate surface area is 171 Å². The first-order chi connectivity index (χ1) is 13.9. The molecular weight excluding hydrogens is 400 g/mol. The van der Waals surface area contributed by atoms with Crippen LogP contribution < -0.4 is 17.2 Å². The number of aliphatic carboxylic acids is 3. The smallest absolute Gasteiger partial charge is 0.323 e. The molecule has 2 aromatic rings. The highest BCUT2D eigenvalue weighted by molar-refractivity contribution is 5.84. The first-order valence-electron chi connectivity index (χ1n) is 8.71. The molecule has 12 nitrogen and oxygen atoms in total. The van der Waals surface area contributed by atoms with Crippen LogP contribution in [-0.2, 0) is 20.8 Å². The number of carboxylic acid groups (broad SMARTS) is 3. The molecular formula is C18H28N4O8. The molecule has 4 unspecified atom stereocenters. The summed E-state index contributed by atoms with van der Waals surface area (Å²) in [5.74, 6) is -3.33. The monoisotopic (exact) mass is 428 g/mol. The third-order valence-electron chi connectivity index (χ3n) is 3.75. The van der Waals surface area contributed by atoms with Crippen LogP contribution >= 0.6 is 0 Å². The van der Waals surface area contributed by atoms with Crippen LogP contribution in [0.25, 0.3) is 10.9 Å². The molecule has 0 radical (unpaired) electrons. The van der Waals surface area contributed by atoms with E-state index in [-0.39, 0.29) is 0 Å². The lowest BCUT2D eigenvalue weighted by molar-refractivity contribution is -0.141. The second-order valence-electron chi connectivity index (χ2n) is 6.24. The zero-order chi connectivity index (χ0) is 23.4. The number of hydrogen-bond acceptors (Lipinski definition) is 8. The molecule has 12 heteroatoms. The van der Waals surface area contributed by atoms with Crippen LogP contribution in [0.3, 0.4) is 0 Å². The summed E-state index contributed by atoms with van der Waals surface area (Å²) < 4.78 is 0. The quantitative estimate of drug-likeness (QED) is 0.240. The maximum Gasteiger partial charge on any atom is 0.323 e. The first kappa shape index (κ1) is 27.0. The van der Waals surface area contributed by atoms with E-state index in [0.717, 1.165) is 16.5 Å². The second kappa shape index (κ2) is 13.2. The van der Waals surface area contributed by atoms with Crippen molar-refractivity contribution in [1.82, 2.24) is 4.98 Å². The highest BCUT2D eigenvalue weighted by atomic mass is 16.4. The predicted octanol–water partition coefficient (Wildman–Crippen LogP) is -1.71. The molecule has 1 aromatic carbocycles. The van der Waals surface area contributed by atoms with Gasteiger partial charge >= 0.3 is 17.9 Å². The number of nitrogens with two attached hydrogens (primary N) is 3. The summed E-state index contributed by atoms with van der Waals surface area (Å²) in [4.78, 5) is 33.2. The van der Waals surface area contributed by atoms with E-state index in [1.165, 1.54) is 6.92 Å². The molecule has 0 saturated heterocycles. The van der Waals surface area contributed by atoms with E-state index in [2.05, 4.69) is 4.98 Å². The van der Waals surface area contributed by atoms with Crippen LogP contribution in [-0.4, -0.2) is 79.3 Å². The molecule has 0 fully saturated rings. The number of hydrogen-bond donors (Lipinski definition) is 9. The minimum Gasteiger partial charge on any atom is -0.480 e. The number of rotatable bonds is 7. The van der Waals surface area contributed by atoms with Crippen molar-refractivity contribution in [2.24, 2.45) is 17.2 Å². The van der Waals surface area contributed by atoms with E-state index >= 15 is 0 Å². The van der Waals surface area contributed by atoms with Crippen LogP contribution in [0.15, 0.2) is 30.5 Å². The topological polar surface area (TPSA) is 246 Å². The van der Waals surface area contributed by atoms with Crippen molar-refractivity contribution in [2.45, 2.75) is 37.6 Å². The lowest BCUT2D eigenvalue weighted by Crippen LogP contribution is -2.39. The Morgan fingerprint density at radius 2 is 1.50 bits per heavy atom. The summed E-state index contributed by atoms with van der Waals surface area (Å²) in [7, 11) is 0. The normalized spacial score (nSPS) is 14.2. The van der Waals surface area contributed by atoms with E-state index in [1.54, 1.807) is 0 Å². The number of fused-ring (bicyclic) bond motifs is 1. The standard InChI is InChI=1S/C11H12N2O2.C4H9NO3.C3H7NO3/c12-9(11(14)15)5-7-6-13-10-4-2-1-3-8(7)10;1-2(6)3(5)4(7)8;4-2(1-5)3(6)7/h1-4,6,9,13H,5,12H2,(H,14,15);2-3,6H,5H2,1H3,(H,7,8);2,5H,1,4H2,(H,6,7). The predicted molar refractivity (Wildman–Crippen MR) is 108 cm³/mol. The van der Waals surface area contributed by atoms with Gasteiger partial charge in [0.15, 0.2) is 0 Å². The van der Waals surface area contributed by atoms with Gasteiger partial charge in [-0.1, -0.05) is 18.2 Å². The summed E-state index contributed by atoms with van der Waals surface area (Å²) in [6.07, 6.45) is 1.18. The Kier molecular flexibility index (Phi) is 11.9. The van der Waals surface area contributed by atoms with Gasteiger partial charge in [0.25, 0.3) is 0 Å². The molecule has 0 aliphatic carbocycles. The lowest BCUT2D eigenvalue weighted by atomic mass is 10.1. The molecule has 0 aliphatic rings. The summed E-state index contributed by atoms with van der Waals surface area (Å²) >= 11 is 0. The Morgan fingerprint density at radius 1 is 0.967 bits per heavy atom. The van der Waals surface area contributed by atoms with Gasteiger partial charge in [-0.05, 0) is 18.6 Å². The number of aromatic nitrogens is 1.